The highest BCUT2D eigenvalue weighted by Crippen LogP contribution is 2.38. The predicted molar refractivity (Wildman–Crippen MR) is 162 cm³/mol. The van der Waals surface area contributed by atoms with E-state index < -0.39 is 70.4 Å². The molecule has 0 aromatic carbocycles. The van der Waals surface area contributed by atoms with Gasteiger partial charge in [0.2, 0.25) is 0 Å². The monoisotopic (exact) mass is 657 g/mol. The van der Waals surface area contributed by atoms with Crippen LogP contribution in [0.15, 0.2) is 0 Å². The SMILES string of the molecule is CCCCCCCCCCCCCCCC(=O)O[C@H](CO[C@@H]1O[C@H](CO)[C@@H](O)[C@H](O)[C@H]1O)COP(=O)([O-])OCC[N+](C)(C)C. The lowest BCUT2D eigenvalue weighted by Gasteiger charge is -2.40. The molecule has 1 aliphatic heterocycles. The molecule has 13 nitrogen and oxygen atoms in total. The summed E-state index contributed by atoms with van der Waals surface area (Å²) in [5, 5.41) is 39.6. The second-order valence-corrected chi connectivity index (χ2v) is 14.1. The summed E-state index contributed by atoms with van der Waals surface area (Å²) in [7, 11) is 0.913. The fraction of sp³-hybridized carbons (Fsp3) is 0.967. The molecule has 0 spiro atoms. The van der Waals surface area contributed by atoms with Gasteiger partial charge in [0.15, 0.2) is 6.29 Å². The lowest BCUT2D eigenvalue weighted by atomic mass is 9.99. The third-order valence-corrected chi connectivity index (χ3v) is 8.47. The van der Waals surface area contributed by atoms with Crippen molar-refractivity contribution >= 4 is 13.8 Å². The molecule has 1 fully saturated rings. The molecule has 1 heterocycles. The Balaban J connectivity index is 2.50. The molecule has 1 rings (SSSR count). The number of likely N-dealkylation sites (N-methyl/N-ethyl adjacent to an activating group) is 1. The molecule has 0 radical (unpaired) electrons. The molecule has 0 aromatic rings. The van der Waals surface area contributed by atoms with E-state index in [1.165, 1.54) is 57.8 Å². The normalized spacial score (nSPS) is 24.6. The molecule has 0 amide bonds. The number of phosphoric acid groups is 1. The van der Waals surface area contributed by atoms with Gasteiger partial charge < -0.3 is 53.1 Å². The maximum atomic E-state index is 12.6. The Morgan fingerprint density at radius 1 is 0.841 bits per heavy atom. The van der Waals surface area contributed by atoms with Gasteiger partial charge in [0.05, 0.1) is 41.0 Å². The molecule has 0 saturated carbocycles. The van der Waals surface area contributed by atoms with Gasteiger partial charge in [0.1, 0.15) is 43.7 Å². The maximum absolute atomic E-state index is 12.6. The van der Waals surface area contributed by atoms with Gasteiger partial charge in [0, 0.05) is 6.42 Å². The van der Waals surface area contributed by atoms with Crippen LogP contribution in [0.3, 0.4) is 0 Å². The number of aliphatic hydroxyl groups excluding tert-OH is 4. The van der Waals surface area contributed by atoms with Gasteiger partial charge in [-0.15, -0.1) is 0 Å². The van der Waals surface area contributed by atoms with Gasteiger partial charge in [-0.25, -0.2) is 0 Å². The first-order chi connectivity index (χ1) is 20.8. The summed E-state index contributed by atoms with van der Waals surface area (Å²) >= 11 is 0. The highest BCUT2D eigenvalue weighted by atomic mass is 31.2. The topological polar surface area (TPSA) is 184 Å². The van der Waals surface area contributed by atoms with E-state index in [4.69, 9.17) is 23.3 Å². The predicted octanol–water partition coefficient (Wildman–Crippen LogP) is 2.40. The highest BCUT2D eigenvalue weighted by Gasteiger charge is 2.44. The van der Waals surface area contributed by atoms with Crippen molar-refractivity contribution < 1.29 is 62.4 Å². The maximum Gasteiger partial charge on any atom is 0.306 e. The van der Waals surface area contributed by atoms with E-state index in [1.807, 2.05) is 21.1 Å². The smallest absolute Gasteiger partial charge is 0.306 e. The molecular weight excluding hydrogens is 597 g/mol. The summed E-state index contributed by atoms with van der Waals surface area (Å²) < 4.78 is 38.8. The average molecular weight is 658 g/mol. The van der Waals surface area contributed by atoms with Gasteiger partial charge in [-0.3, -0.25) is 9.36 Å². The molecule has 4 N–H and O–H groups in total. The Kier molecular flexibility index (Phi) is 21.4. The minimum absolute atomic E-state index is 0.102. The van der Waals surface area contributed by atoms with Crippen molar-refractivity contribution in [2.75, 3.05) is 54.1 Å². The molecule has 262 valence electrons. The van der Waals surface area contributed by atoms with Gasteiger partial charge in [-0.05, 0) is 6.42 Å². The number of ether oxygens (including phenoxy) is 3. The van der Waals surface area contributed by atoms with Crippen molar-refractivity contribution in [1.29, 1.82) is 0 Å². The van der Waals surface area contributed by atoms with Crippen LogP contribution in [0, 0.1) is 0 Å². The van der Waals surface area contributed by atoms with Crippen LogP contribution in [0.5, 0.6) is 0 Å². The van der Waals surface area contributed by atoms with Crippen molar-refractivity contribution in [2.45, 2.75) is 134 Å². The number of carbonyl (C=O) groups excluding carboxylic acids is 1. The Morgan fingerprint density at radius 3 is 1.91 bits per heavy atom. The summed E-state index contributed by atoms with van der Waals surface area (Å²) in [6.45, 7) is 0.833. The van der Waals surface area contributed by atoms with Crippen LogP contribution in [0.2, 0.25) is 0 Å². The van der Waals surface area contributed by atoms with E-state index >= 15 is 0 Å². The zero-order valence-electron chi connectivity index (χ0n) is 27.3. The van der Waals surface area contributed by atoms with Gasteiger partial charge in [-0.2, -0.15) is 0 Å². The van der Waals surface area contributed by atoms with Crippen LogP contribution >= 0.6 is 7.82 Å². The average Bonchev–Trinajstić information content (AvgIpc) is 2.95. The largest absolute Gasteiger partial charge is 0.756 e. The Labute approximate surface area is 264 Å². The Morgan fingerprint density at radius 2 is 1.39 bits per heavy atom. The first kappa shape index (κ1) is 41.3. The second kappa shape index (κ2) is 22.8. The Hall–Kier alpha value is -0.700. The number of phosphoric ester groups is 1. The number of nitrogens with zero attached hydrogens (tertiary/aromatic N) is 1. The van der Waals surface area contributed by atoms with E-state index in [0.717, 1.165) is 19.3 Å². The minimum Gasteiger partial charge on any atom is -0.756 e. The molecule has 1 saturated heterocycles. The number of hydrogen-bond acceptors (Lipinski definition) is 12. The van der Waals surface area contributed by atoms with Crippen molar-refractivity contribution in [3.05, 3.63) is 0 Å². The first-order valence-corrected chi connectivity index (χ1v) is 17.8. The molecule has 0 aliphatic carbocycles. The van der Waals surface area contributed by atoms with Crippen molar-refractivity contribution in [3.8, 4) is 0 Å². The number of hydrogen-bond donors (Lipinski definition) is 4. The molecular formula is C30H60NO12P. The lowest BCUT2D eigenvalue weighted by Crippen LogP contribution is -2.59. The number of quaternary nitrogens is 1. The van der Waals surface area contributed by atoms with Crippen LogP contribution in [0.25, 0.3) is 0 Å². The van der Waals surface area contributed by atoms with E-state index in [1.54, 1.807) is 0 Å². The number of rotatable bonds is 26. The molecule has 7 atom stereocenters. The van der Waals surface area contributed by atoms with E-state index in [0.29, 0.717) is 17.4 Å². The van der Waals surface area contributed by atoms with E-state index in [9.17, 15) is 34.7 Å². The summed E-state index contributed by atoms with van der Waals surface area (Å²) in [5.41, 5.74) is 0. The number of aliphatic hydroxyl groups is 4. The van der Waals surface area contributed by atoms with Crippen LogP contribution in [-0.4, -0.2) is 122 Å². The van der Waals surface area contributed by atoms with Gasteiger partial charge >= 0.3 is 5.97 Å². The molecule has 44 heavy (non-hydrogen) atoms. The van der Waals surface area contributed by atoms with Crippen molar-refractivity contribution in [1.82, 2.24) is 0 Å². The van der Waals surface area contributed by atoms with Gasteiger partial charge in [-0.1, -0.05) is 84.0 Å². The number of esters is 1. The lowest BCUT2D eigenvalue weighted by molar-refractivity contribution is -0.870. The summed E-state index contributed by atoms with van der Waals surface area (Å²) in [6, 6.07) is 0. The number of carbonyl (C=O) groups is 1. The third-order valence-electron chi connectivity index (χ3n) is 7.51. The fourth-order valence-corrected chi connectivity index (χ4v) is 5.42. The van der Waals surface area contributed by atoms with E-state index in [-0.39, 0.29) is 13.0 Å². The van der Waals surface area contributed by atoms with Crippen LogP contribution in [-0.2, 0) is 32.6 Å². The van der Waals surface area contributed by atoms with Crippen molar-refractivity contribution in [3.63, 3.8) is 0 Å². The molecule has 14 heteroatoms. The molecule has 0 bridgehead atoms. The van der Waals surface area contributed by atoms with Crippen molar-refractivity contribution in [2.24, 2.45) is 0 Å². The van der Waals surface area contributed by atoms with Crippen LogP contribution < -0.4 is 4.89 Å². The second-order valence-electron chi connectivity index (χ2n) is 12.7. The van der Waals surface area contributed by atoms with E-state index in [2.05, 4.69) is 6.92 Å². The molecule has 1 aliphatic rings. The zero-order valence-corrected chi connectivity index (χ0v) is 28.2. The van der Waals surface area contributed by atoms with Crippen LogP contribution in [0.1, 0.15) is 96.8 Å². The minimum atomic E-state index is -4.72. The van der Waals surface area contributed by atoms with Gasteiger partial charge in [0.25, 0.3) is 7.82 Å². The quantitative estimate of drug-likeness (QED) is 0.0462. The third kappa shape index (κ3) is 19.1. The zero-order chi connectivity index (χ0) is 33.0. The summed E-state index contributed by atoms with van der Waals surface area (Å²) in [5.74, 6) is -0.564. The molecule has 0 aromatic heterocycles. The Bertz CT molecular complexity index is 796. The highest BCUT2D eigenvalue weighted by molar-refractivity contribution is 7.45. The standard InChI is InChI=1S/C30H60NO12P/c1-5-6-7-8-9-10-11-12-13-14-15-16-17-18-26(33)42-24(23-41-44(37,38)40-20-19-31(2,3)4)22-39-30-29(36)28(35)27(34)25(21-32)43-30/h24-25,27-30,32,34-36H,5-23H2,1-4H3/t24-,25-,27-,28+,29-,30-/m1/s1. The number of unbranched alkanes of at least 4 members (excludes halogenated alkanes) is 12. The fourth-order valence-electron chi connectivity index (χ4n) is 4.69. The molecule has 1 unspecified atom stereocenters. The first-order valence-electron chi connectivity index (χ1n) is 16.3. The summed E-state index contributed by atoms with van der Waals surface area (Å²) in [4.78, 5) is 24.8. The summed E-state index contributed by atoms with van der Waals surface area (Å²) in [6.07, 6.45) is 6.52. The van der Waals surface area contributed by atoms with Crippen LogP contribution in [0.4, 0.5) is 0 Å².